The summed E-state index contributed by atoms with van der Waals surface area (Å²) in [5.41, 5.74) is 4.81. The predicted octanol–water partition coefficient (Wildman–Crippen LogP) is 8.67. The molecule has 6 aromatic rings. The van der Waals surface area contributed by atoms with Gasteiger partial charge in [0, 0.05) is 11.1 Å². The quantitative estimate of drug-likeness (QED) is 0.119. The molecule has 51 heavy (non-hydrogen) atoms. The number of carbonyl (C=O) groups is 2. The number of esters is 1. The molecule has 0 aliphatic heterocycles. The molecule has 0 atom stereocenters. The summed E-state index contributed by atoms with van der Waals surface area (Å²) >= 11 is 0. The van der Waals surface area contributed by atoms with Crippen LogP contribution in [0.5, 0.6) is 11.5 Å². The number of amides is 1. The number of fused-ring (bicyclic) bond motifs is 2. The number of allylic oxidation sites excluding steroid dienone is 1. The fraction of sp³-hybridized carbons (Fsp3) is 0.0976. The van der Waals surface area contributed by atoms with Gasteiger partial charge in [-0.3, -0.25) is 4.79 Å². The van der Waals surface area contributed by atoms with Crippen molar-refractivity contribution in [2.75, 3.05) is 11.9 Å². The van der Waals surface area contributed by atoms with Crippen molar-refractivity contribution in [1.82, 2.24) is 4.98 Å². The van der Waals surface area contributed by atoms with Crippen LogP contribution in [0.15, 0.2) is 137 Å². The summed E-state index contributed by atoms with van der Waals surface area (Å²) in [6, 6.07) is 34.8. The topological polar surface area (TPSA) is 112 Å². The minimum atomic E-state index is -3.88. The third kappa shape index (κ3) is 7.41. The van der Waals surface area contributed by atoms with E-state index >= 15 is 0 Å². The first kappa shape index (κ1) is 33.4. The average molecular weight is 699 g/mol. The zero-order valence-corrected chi connectivity index (χ0v) is 28.0. The maximum Gasteiger partial charge on any atom is 0.339 e. The Labute approximate surface area is 294 Å². The van der Waals surface area contributed by atoms with Gasteiger partial charge in [-0.05, 0) is 121 Å². The van der Waals surface area contributed by atoms with E-state index < -0.39 is 34.1 Å². The van der Waals surface area contributed by atoms with Gasteiger partial charge in [0.2, 0.25) is 9.84 Å². The largest absolute Gasteiger partial charge is 0.457 e. The maximum absolute atomic E-state index is 13.7. The zero-order chi connectivity index (χ0) is 35.4. The Morgan fingerprint density at radius 1 is 0.765 bits per heavy atom. The first-order chi connectivity index (χ1) is 24.7. The van der Waals surface area contributed by atoms with E-state index in [0.29, 0.717) is 28.6 Å². The molecule has 0 unspecified atom stereocenters. The van der Waals surface area contributed by atoms with Crippen LogP contribution in [-0.2, 0) is 25.8 Å². The molecule has 10 heteroatoms. The van der Waals surface area contributed by atoms with E-state index in [9.17, 15) is 22.4 Å². The van der Waals surface area contributed by atoms with E-state index in [1.807, 2.05) is 78.9 Å². The van der Waals surface area contributed by atoms with Crippen molar-refractivity contribution in [1.29, 1.82) is 0 Å². The molecule has 1 aromatic heterocycles. The molecule has 254 valence electrons. The molecule has 0 fully saturated rings. The number of anilines is 1. The number of hydrogen-bond donors (Lipinski definition) is 1. The molecule has 1 aliphatic rings. The van der Waals surface area contributed by atoms with Gasteiger partial charge in [0.25, 0.3) is 5.91 Å². The Morgan fingerprint density at radius 3 is 2.14 bits per heavy atom. The highest BCUT2D eigenvalue weighted by Crippen LogP contribution is 2.37. The number of carbonyl (C=O) groups excluding carboxylic acids is 2. The number of pyridine rings is 1. The number of hydrogen-bond acceptors (Lipinski definition) is 7. The average Bonchev–Trinajstić information content (AvgIpc) is 3.15. The van der Waals surface area contributed by atoms with Crippen molar-refractivity contribution in [2.24, 2.45) is 0 Å². The van der Waals surface area contributed by atoms with Crippen LogP contribution in [0.25, 0.3) is 22.6 Å². The van der Waals surface area contributed by atoms with E-state index in [-0.39, 0.29) is 9.79 Å². The van der Waals surface area contributed by atoms with Crippen LogP contribution < -0.4 is 10.1 Å². The number of rotatable bonds is 9. The number of sulfone groups is 1. The molecule has 1 aliphatic carbocycles. The summed E-state index contributed by atoms with van der Waals surface area (Å²) in [6.45, 7) is -0.556. The summed E-state index contributed by atoms with van der Waals surface area (Å²) in [6.07, 6.45) is 4.28. The minimum absolute atomic E-state index is 0.0182. The van der Waals surface area contributed by atoms with Gasteiger partial charge in [-0.2, -0.15) is 0 Å². The summed E-state index contributed by atoms with van der Waals surface area (Å²) < 4.78 is 50.5. The van der Waals surface area contributed by atoms with Crippen LogP contribution >= 0.6 is 0 Å². The molecule has 1 N–H and O–H groups in total. The molecule has 8 nitrogen and oxygen atoms in total. The number of ether oxygens (including phenoxy) is 2. The molecule has 5 aromatic carbocycles. The molecule has 1 amide bonds. The first-order valence-electron chi connectivity index (χ1n) is 16.3. The monoisotopic (exact) mass is 698 g/mol. The smallest absolute Gasteiger partial charge is 0.339 e. The van der Waals surface area contributed by atoms with Crippen LogP contribution in [0.4, 0.5) is 10.1 Å². The molecular weight excluding hydrogens is 668 g/mol. The fourth-order valence-electron chi connectivity index (χ4n) is 6.03. The van der Waals surface area contributed by atoms with E-state index in [0.717, 1.165) is 58.9 Å². The van der Waals surface area contributed by atoms with Crippen molar-refractivity contribution >= 4 is 50.0 Å². The molecule has 7 rings (SSSR count). The van der Waals surface area contributed by atoms with Crippen LogP contribution in [0.3, 0.4) is 0 Å². The second-order valence-corrected chi connectivity index (χ2v) is 13.9. The SMILES string of the molecule is O=C(COC(=O)c1c2c(nc3ccccc13)/C(=C\c1ccc(Oc3ccccc3)cc1)CCC2)Nc1ccc(S(=O)(=O)c2ccc(F)cc2)cc1. The summed E-state index contributed by atoms with van der Waals surface area (Å²) in [4.78, 5) is 31.4. The molecule has 0 saturated heterocycles. The number of nitrogens with one attached hydrogen (secondary N) is 1. The van der Waals surface area contributed by atoms with Gasteiger partial charge in [-0.25, -0.2) is 22.6 Å². The lowest BCUT2D eigenvalue weighted by atomic mass is 9.86. The lowest BCUT2D eigenvalue weighted by Gasteiger charge is -2.22. The third-order valence-corrected chi connectivity index (χ3v) is 10.3. The number of nitrogens with zero attached hydrogens (tertiary/aromatic N) is 1. The van der Waals surface area contributed by atoms with Crippen molar-refractivity contribution in [3.05, 3.63) is 156 Å². The Morgan fingerprint density at radius 2 is 1.41 bits per heavy atom. The van der Waals surface area contributed by atoms with E-state index in [1.54, 1.807) is 0 Å². The second kappa shape index (κ2) is 14.4. The van der Waals surface area contributed by atoms with Crippen LogP contribution in [0.2, 0.25) is 0 Å². The minimum Gasteiger partial charge on any atom is -0.457 e. The highest BCUT2D eigenvalue weighted by atomic mass is 32.2. The summed E-state index contributed by atoms with van der Waals surface area (Å²) in [5.74, 6) is -0.296. The molecule has 0 radical (unpaired) electrons. The van der Waals surface area contributed by atoms with Crippen LogP contribution in [-0.4, -0.2) is 31.9 Å². The fourth-order valence-corrected chi connectivity index (χ4v) is 7.29. The van der Waals surface area contributed by atoms with Crippen LogP contribution in [0.1, 0.15) is 40.0 Å². The Kier molecular flexibility index (Phi) is 9.41. The van der Waals surface area contributed by atoms with Crippen molar-refractivity contribution in [2.45, 2.75) is 29.1 Å². The summed E-state index contributed by atoms with van der Waals surface area (Å²) in [5, 5.41) is 3.28. The molecular formula is C41H31FN2O6S. The lowest BCUT2D eigenvalue weighted by Crippen LogP contribution is -2.22. The number of halogens is 1. The Hall–Kier alpha value is -6.13. The van der Waals surface area contributed by atoms with Gasteiger partial charge < -0.3 is 14.8 Å². The number of para-hydroxylation sites is 2. The van der Waals surface area contributed by atoms with E-state index in [4.69, 9.17) is 14.5 Å². The predicted molar refractivity (Wildman–Crippen MR) is 193 cm³/mol. The normalized spacial score (nSPS) is 13.4. The first-order valence-corrected chi connectivity index (χ1v) is 17.8. The number of aromatic nitrogens is 1. The van der Waals surface area contributed by atoms with Gasteiger partial charge in [-0.1, -0.05) is 48.5 Å². The third-order valence-electron chi connectivity index (χ3n) is 8.48. The highest BCUT2D eigenvalue weighted by Gasteiger charge is 2.26. The van der Waals surface area contributed by atoms with Crippen molar-refractivity contribution in [3.8, 4) is 11.5 Å². The Bertz CT molecular complexity index is 2380. The van der Waals surface area contributed by atoms with Gasteiger partial charge in [-0.15, -0.1) is 0 Å². The highest BCUT2D eigenvalue weighted by molar-refractivity contribution is 7.91. The van der Waals surface area contributed by atoms with Crippen molar-refractivity contribution < 1.29 is 31.9 Å². The Balaban J connectivity index is 1.07. The summed E-state index contributed by atoms with van der Waals surface area (Å²) in [7, 11) is -3.88. The molecule has 1 heterocycles. The second-order valence-electron chi connectivity index (χ2n) is 11.9. The molecule has 0 spiro atoms. The molecule has 0 bridgehead atoms. The maximum atomic E-state index is 13.7. The van der Waals surface area contributed by atoms with E-state index in [1.165, 1.54) is 36.4 Å². The molecule has 0 saturated carbocycles. The van der Waals surface area contributed by atoms with Crippen molar-refractivity contribution in [3.63, 3.8) is 0 Å². The lowest BCUT2D eigenvalue weighted by molar-refractivity contribution is -0.119. The van der Waals surface area contributed by atoms with E-state index in [2.05, 4.69) is 11.4 Å². The van der Waals surface area contributed by atoms with Crippen LogP contribution in [0, 0.1) is 5.82 Å². The van der Waals surface area contributed by atoms with Gasteiger partial charge in [0.15, 0.2) is 6.61 Å². The standard InChI is InChI=1S/C41H31FN2O6S/c42-29-15-21-33(22-16-29)51(47,48)34-23-17-30(18-24-34)43-38(45)26-49-41(46)39-35-10-4-5-12-37(35)44-40-28(7-6-11-36(39)40)25-27-13-19-32(20-14-27)50-31-8-2-1-3-9-31/h1-5,8-10,12-25H,6-7,11,26H2,(H,43,45)/b28-25-. The van der Waals surface area contributed by atoms with Gasteiger partial charge in [0.05, 0.1) is 26.6 Å². The number of benzene rings is 5. The van der Waals surface area contributed by atoms with Gasteiger partial charge >= 0.3 is 5.97 Å². The zero-order valence-electron chi connectivity index (χ0n) is 27.2. The van der Waals surface area contributed by atoms with Gasteiger partial charge in [0.1, 0.15) is 17.3 Å².